The maximum atomic E-state index is 12.7. The maximum absolute atomic E-state index is 12.7. The fraction of sp³-hybridized carbons (Fsp3) is 0.0833. The lowest BCUT2D eigenvalue weighted by Crippen LogP contribution is -2.15. The molecule has 19 heavy (non-hydrogen) atoms. The van der Waals surface area contributed by atoms with E-state index in [9.17, 15) is 9.18 Å². The predicted molar refractivity (Wildman–Crippen MR) is 70.9 cm³/mol. The summed E-state index contributed by atoms with van der Waals surface area (Å²) in [6, 6.07) is 5.76. The summed E-state index contributed by atoms with van der Waals surface area (Å²) in [5.74, 6) is -0.256. The van der Waals surface area contributed by atoms with E-state index >= 15 is 0 Å². The Labute approximate surface area is 113 Å². The van der Waals surface area contributed by atoms with E-state index in [1.54, 1.807) is 19.2 Å². The van der Waals surface area contributed by atoms with Gasteiger partial charge in [0.15, 0.2) is 0 Å². The molecule has 0 aliphatic rings. The molecule has 2 N–H and O–H groups in total. The third-order valence-corrected chi connectivity index (χ3v) is 2.59. The molecule has 0 aliphatic carbocycles. The highest BCUT2D eigenvalue weighted by molar-refractivity contribution is 6.34. The van der Waals surface area contributed by atoms with Gasteiger partial charge < -0.3 is 10.6 Å². The van der Waals surface area contributed by atoms with Crippen LogP contribution in [-0.2, 0) is 0 Å². The minimum Gasteiger partial charge on any atom is -0.373 e. The Kier molecular flexibility index (Phi) is 3.91. The van der Waals surface area contributed by atoms with Gasteiger partial charge in [0.05, 0.1) is 11.2 Å². The molecule has 0 saturated carbocycles. The van der Waals surface area contributed by atoms with Crippen LogP contribution in [0.5, 0.6) is 0 Å². The minimum absolute atomic E-state index is 0.0691. The van der Waals surface area contributed by atoms with Gasteiger partial charge in [0.25, 0.3) is 5.91 Å². The van der Waals surface area contributed by atoms with Crippen molar-refractivity contribution in [2.45, 2.75) is 0 Å². The monoisotopic (exact) mass is 280 g/mol. The molecule has 98 valence electrons. The molecule has 0 aliphatic heterocycles. The molecule has 0 aromatic carbocycles. The minimum atomic E-state index is -0.513. The smallest absolute Gasteiger partial charge is 0.277 e. The Morgan fingerprint density at radius 1 is 1.26 bits per heavy atom. The molecule has 0 saturated heterocycles. The lowest BCUT2D eigenvalue weighted by atomic mass is 10.3. The number of hydrogen-bond donors (Lipinski definition) is 2. The first-order valence-corrected chi connectivity index (χ1v) is 5.75. The molecule has 0 spiro atoms. The van der Waals surface area contributed by atoms with E-state index in [0.717, 1.165) is 6.20 Å². The van der Waals surface area contributed by atoms with Crippen LogP contribution in [0.25, 0.3) is 0 Å². The third kappa shape index (κ3) is 3.17. The van der Waals surface area contributed by atoms with Crippen LogP contribution < -0.4 is 10.6 Å². The second kappa shape index (κ2) is 5.62. The number of rotatable bonds is 3. The van der Waals surface area contributed by atoms with Gasteiger partial charge in [-0.15, -0.1) is 0 Å². The fourth-order valence-electron chi connectivity index (χ4n) is 1.37. The lowest BCUT2D eigenvalue weighted by molar-refractivity contribution is 0.102. The largest absolute Gasteiger partial charge is 0.373 e. The fourth-order valence-corrected chi connectivity index (χ4v) is 1.56. The van der Waals surface area contributed by atoms with Crippen molar-refractivity contribution in [3.8, 4) is 0 Å². The zero-order chi connectivity index (χ0) is 13.8. The maximum Gasteiger partial charge on any atom is 0.277 e. The Hall–Kier alpha value is -2.21. The Bertz CT molecular complexity index is 603. The van der Waals surface area contributed by atoms with Gasteiger partial charge in [-0.2, -0.15) is 0 Å². The highest BCUT2D eigenvalue weighted by Crippen LogP contribution is 2.17. The summed E-state index contributed by atoms with van der Waals surface area (Å²) < 4.78 is 12.7. The summed E-state index contributed by atoms with van der Waals surface area (Å²) in [7, 11) is 1.68. The summed E-state index contributed by atoms with van der Waals surface area (Å²) in [5, 5.41) is 5.51. The van der Waals surface area contributed by atoms with Gasteiger partial charge in [0, 0.05) is 7.05 Å². The molecule has 2 heterocycles. The average Bonchev–Trinajstić information content (AvgIpc) is 2.42. The number of halogens is 2. The van der Waals surface area contributed by atoms with E-state index in [4.69, 9.17) is 11.6 Å². The molecule has 7 heteroatoms. The predicted octanol–water partition coefficient (Wildman–Crippen LogP) is 2.56. The highest BCUT2D eigenvalue weighted by atomic mass is 35.5. The van der Waals surface area contributed by atoms with Gasteiger partial charge >= 0.3 is 0 Å². The lowest BCUT2D eigenvalue weighted by Gasteiger charge is -2.07. The Balaban J connectivity index is 2.22. The van der Waals surface area contributed by atoms with Crippen LogP contribution in [0.1, 0.15) is 10.5 Å². The molecule has 0 fully saturated rings. The summed E-state index contributed by atoms with van der Waals surface area (Å²) >= 11 is 5.91. The van der Waals surface area contributed by atoms with Gasteiger partial charge in [0.2, 0.25) is 0 Å². The number of aromatic nitrogens is 2. The van der Waals surface area contributed by atoms with Crippen molar-refractivity contribution in [1.29, 1.82) is 0 Å². The van der Waals surface area contributed by atoms with Crippen molar-refractivity contribution in [2.75, 3.05) is 17.7 Å². The van der Waals surface area contributed by atoms with E-state index in [2.05, 4.69) is 20.6 Å². The number of nitrogens with one attached hydrogen (secondary N) is 2. The van der Waals surface area contributed by atoms with Crippen LogP contribution in [0.15, 0.2) is 30.5 Å². The number of carbonyl (C=O) groups is 1. The van der Waals surface area contributed by atoms with E-state index in [1.807, 2.05) is 0 Å². The molecule has 0 radical (unpaired) electrons. The van der Waals surface area contributed by atoms with Crippen molar-refractivity contribution in [3.05, 3.63) is 47.0 Å². The standard InChI is InChI=1S/C12H10ClFN4O/c1-15-9-5-3-8(13)11(17-9)12(19)18-10-4-2-7(14)6-16-10/h2-6H,1H3,(H,15,17)(H,16,18,19). The molecule has 2 aromatic heterocycles. The molecular formula is C12H10ClFN4O. The van der Waals surface area contributed by atoms with Gasteiger partial charge in [-0.1, -0.05) is 11.6 Å². The molecule has 2 rings (SSSR count). The molecule has 0 unspecified atom stereocenters. The number of amides is 1. The zero-order valence-corrected chi connectivity index (χ0v) is 10.7. The molecule has 2 aromatic rings. The number of anilines is 2. The van der Waals surface area contributed by atoms with Crippen molar-refractivity contribution < 1.29 is 9.18 Å². The topological polar surface area (TPSA) is 66.9 Å². The average molecular weight is 281 g/mol. The van der Waals surface area contributed by atoms with Crippen molar-refractivity contribution in [1.82, 2.24) is 9.97 Å². The highest BCUT2D eigenvalue weighted by Gasteiger charge is 2.13. The van der Waals surface area contributed by atoms with E-state index in [0.29, 0.717) is 5.82 Å². The second-order valence-corrected chi connectivity index (χ2v) is 4.00. The zero-order valence-electron chi connectivity index (χ0n) is 9.95. The summed E-state index contributed by atoms with van der Waals surface area (Å²) in [5.41, 5.74) is 0.0691. The van der Waals surface area contributed by atoms with Crippen molar-refractivity contribution >= 4 is 29.1 Å². The number of hydrogen-bond acceptors (Lipinski definition) is 4. The van der Waals surface area contributed by atoms with Gasteiger partial charge in [-0.25, -0.2) is 14.4 Å². The van der Waals surface area contributed by atoms with E-state index < -0.39 is 11.7 Å². The molecule has 0 atom stereocenters. The number of nitrogens with zero attached hydrogens (tertiary/aromatic N) is 2. The van der Waals surface area contributed by atoms with Crippen molar-refractivity contribution in [2.24, 2.45) is 0 Å². The van der Waals surface area contributed by atoms with Gasteiger partial charge in [0.1, 0.15) is 23.1 Å². The molecular weight excluding hydrogens is 271 g/mol. The SMILES string of the molecule is CNc1ccc(Cl)c(C(=O)Nc2ccc(F)cn2)n1. The summed E-state index contributed by atoms with van der Waals surface area (Å²) in [6.45, 7) is 0. The number of carbonyl (C=O) groups excluding carboxylic acids is 1. The number of pyridine rings is 2. The molecule has 0 bridgehead atoms. The summed E-state index contributed by atoms with van der Waals surface area (Å²) in [6.07, 6.45) is 1.01. The third-order valence-electron chi connectivity index (χ3n) is 2.29. The van der Waals surface area contributed by atoms with Crippen LogP contribution in [0.4, 0.5) is 16.0 Å². The van der Waals surface area contributed by atoms with Crippen molar-refractivity contribution in [3.63, 3.8) is 0 Å². The molecule has 5 nitrogen and oxygen atoms in total. The Morgan fingerprint density at radius 3 is 2.63 bits per heavy atom. The normalized spacial score (nSPS) is 10.1. The first kappa shape index (κ1) is 13.2. The Morgan fingerprint density at radius 2 is 2.00 bits per heavy atom. The first-order valence-electron chi connectivity index (χ1n) is 5.37. The molecule has 1 amide bonds. The van der Waals surface area contributed by atoms with Gasteiger partial charge in [-0.05, 0) is 24.3 Å². The van der Waals surface area contributed by atoms with E-state index in [-0.39, 0.29) is 16.5 Å². The second-order valence-electron chi connectivity index (χ2n) is 3.59. The van der Waals surface area contributed by atoms with Crippen LogP contribution in [-0.4, -0.2) is 22.9 Å². The van der Waals surface area contributed by atoms with Crippen LogP contribution in [0.2, 0.25) is 5.02 Å². The van der Waals surface area contributed by atoms with Crippen LogP contribution in [0, 0.1) is 5.82 Å². The van der Waals surface area contributed by atoms with Gasteiger partial charge in [-0.3, -0.25) is 4.79 Å². The first-order chi connectivity index (χ1) is 9.10. The van der Waals surface area contributed by atoms with Crippen LogP contribution in [0.3, 0.4) is 0 Å². The summed E-state index contributed by atoms with van der Waals surface area (Å²) in [4.78, 5) is 19.7. The van der Waals surface area contributed by atoms with Crippen LogP contribution >= 0.6 is 11.6 Å². The van der Waals surface area contributed by atoms with E-state index in [1.165, 1.54) is 12.1 Å². The quantitative estimate of drug-likeness (QED) is 0.907.